The van der Waals surface area contributed by atoms with Crippen LogP contribution in [0.4, 0.5) is 5.69 Å². The second-order valence-corrected chi connectivity index (χ2v) is 6.38. The molecule has 5 nitrogen and oxygen atoms in total. The van der Waals surface area contributed by atoms with Crippen molar-refractivity contribution in [2.45, 2.75) is 19.1 Å². The van der Waals surface area contributed by atoms with Crippen molar-refractivity contribution in [1.82, 2.24) is 10.2 Å². The summed E-state index contributed by atoms with van der Waals surface area (Å²) < 4.78 is 5.57. The Morgan fingerprint density at radius 1 is 1.08 bits per heavy atom. The van der Waals surface area contributed by atoms with Gasteiger partial charge in [-0.25, -0.2) is 0 Å². The van der Waals surface area contributed by atoms with Gasteiger partial charge in [-0.15, -0.1) is 10.2 Å². The molecule has 1 aromatic heterocycles. The van der Waals surface area contributed by atoms with Crippen LogP contribution in [0.15, 0.2) is 58.2 Å². The zero-order chi connectivity index (χ0) is 16.9. The van der Waals surface area contributed by atoms with Crippen molar-refractivity contribution >= 4 is 23.4 Å². The van der Waals surface area contributed by atoms with Gasteiger partial charge in [0.25, 0.3) is 5.22 Å². The predicted molar refractivity (Wildman–Crippen MR) is 95.0 cm³/mol. The van der Waals surface area contributed by atoms with Gasteiger partial charge in [0.1, 0.15) is 0 Å². The first-order chi connectivity index (χ1) is 11.6. The lowest BCUT2D eigenvalue weighted by Crippen LogP contribution is -2.14. The molecule has 0 atom stereocenters. The topological polar surface area (TPSA) is 68.0 Å². The van der Waals surface area contributed by atoms with Crippen LogP contribution >= 0.6 is 11.8 Å². The van der Waals surface area contributed by atoms with Crippen LogP contribution in [0, 0.1) is 13.8 Å². The van der Waals surface area contributed by atoms with E-state index in [2.05, 4.69) is 21.6 Å². The first-order valence-corrected chi connectivity index (χ1v) is 8.48. The molecule has 6 heteroatoms. The number of thioether (sulfide) groups is 1. The van der Waals surface area contributed by atoms with E-state index in [0.717, 1.165) is 22.4 Å². The number of hydrogen-bond donors (Lipinski definition) is 1. The summed E-state index contributed by atoms with van der Waals surface area (Å²) in [4.78, 5) is 12.1. The van der Waals surface area contributed by atoms with Crippen LogP contribution in [0.25, 0.3) is 11.5 Å². The molecular weight excluding hydrogens is 322 g/mol. The van der Waals surface area contributed by atoms with E-state index in [1.54, 1.807) is 0 Å². The average molecular weight is 339 g/mol. The minimum Gasteiger partial charge on any atom is -0.411 e. The highest BCUT2D eigenvalue weighted by atomic mass is 32.2. The van der Waals surface area contributed by atoms with Crippen LogP contribution in [0.5, 0.6) is 0 Å². The number of benzene rings is 2. The largest absolute Gasteiger partial charge is 0.411 e. The molecule has 0 aliphatic rings. The van der Waals surface area contributed by atoms with Crippen molar-refractivity contribution in [3.05, 3.63) is 59.7 Å². The van der Waals surface area contributed by atoms with Gasteiger partial charge in [0.15, 0.2) is 0 Å². The molecule has 0 aliphatic heterocycles. The number of aryl methyl sites for hydroxylation is 2. The van der Waals surface area contributed by atoms with Crippen LogP contribution in [0.2, 0.25) is 0 Å². The summed E-state index contributed by atoms with van der Waals surface area (Å²) in [5, 5.41) is 11.2. The zero-order valence-electron chi connectivity index (χ0n) is 13.4. The molecule has 0 unspecified atom stereocenters. The summed E-state index contributed by atoms with van der Waals surface area (Å²) in [5.41, 5.74) is 3.88. The molecule has 0 bridgehead atoms. The van der Waals surface area contributed by atoms with E-state index >= 15 is 0 Å². The van der Waals surface area contributed by atoms with Crippen LogP contribution in [-0.2, 0) is 4.79 Å². The third kappa shape index (κ3) is 4.23. The Balaban J connectivity index is 1.58. The van der Waals surface area contributed by atoms with Gasteiger partial charge < -0.3 is 9.73 Å². The standard InChI is InChI=1S/C18H17N3O2S/c1-12-8-13(2)10-15(9-12)19-16(22)11-24-18-21-20-17(23-18)14-6-4-3-5-7-14/h3-10H,11H2,1-2H3,(H,19,22). The van der Waals surface area contributed by atoms with E-state index in [4.69, 9.17) is 4.42 Å². The smallest absolute Gasteiger partial charge is 0.277 e. The average Bonchev–Trinajstić information content (AvgIpc) is 3.02. The zero-order valence-corrected chi connectivity index (χ0v) is 14.3. The Labute approximate surface area is 144 Å². The molecule has 3 rings (SSSR count). The van der Waals surface area contributed by atoms with Crippen LogP contribution in [0.1, 0.15) is 11.1 Å². The molecule has 1 amide bonds. The van der Waals surface area contributed by atoms with Gasteiger partial charge in [-0.05, 0) is 49.2 Å². The Morgan fingerprint density at radius 3 is 2.50 bits per heavy atom. The lowest BCUT2D eigenvalue weighted by Gasteiger charge is -2.06. The number of nitrogens with one attached hydrogen (secondary N) is 1. The summed E-state index contributed by atoms with van der Waals surface area (Å²) >= 11 is 1.22. The lowest BCUT2D eigenvalue weighted by molar-refractivity contribution is -0.113. The van der Waals surface area contributed by atoms with Crippen molar-refractivity contribution < 1.29 is 9.21 Å². The second-order valence-electron chi connectivity index (χ2n) is 5.45. The Kier molecular flexibility index (Phi) is 4.96. The number of nitrogens with zero attached hydrogens (tertiary/aromatic N) is 2. The molecule has 0 fully saturated rings. The second kappa shape index (κ2) is 7.31. The maximum absolute atomic E-state index is 12.1. The highest BCUT2D eigenvalue weighted by molar-refractivity contribution is 7.99. The molecule has 1 heterocycles. The maximum Gasteiger partial charge on any atom is 0.277 e. The maximum atomic E-state index is 12.1. The van der Waals surface area contributed by atoms with Crippen molar-refractivity contribution in [1.29, 1.82) is 0 Å². The van der Waals surface area contributed by atoms with E-state index in [1.165, 1.54) is 11.8 Å². The first kappa shape index (κ1) is 16.3. The van der Waals surface area contributed by atoms with Gasteiger partial charge in [-0.2, -0.15) is 0 Å². The van der Waals surface area contributed by atoms with E-state index in [1.807, 2.05) is 56.3 Å². The predicted octanol–water partition coefficient (Wildman–Crippen LogP) is 4.08. The van der Waals surface area contributed by atoms with E-state index < -0.39 is 0 Å². The number of anilines is 1. The van der Waals surface area contributed by atoms with Crippen molar-refractivity contribution in [2.75, 3.05) is 11.1 Å². The molecular formula is C18H17N3O2S. The quantitative estimate of drug-likeness (QED) is 0.709. The molecule has 2 aromatic carbocycles. The molecule has 122 valence electrons. The lowest BCUT2D eigenvalue weighted by atomic mass is 10.1. The summed E-state index contributed by atoms with van der Waals surface area (Å²) in [5.74, 6) is 0.556. The Morgan fingerprint density at radius 2 is 1.79 bits per heavy atom. The minimum atomic E-state index is -0.107. The van der Waals surface area contributed by atoms with Gasteiger partial charge in [0.2, 0.25) is 11.8 Å². The normalized spacial score (nSPS) is 10.6. The summed E-state index contributed by atoms with van der Waals surface area (Å²) in [6.45, 7) is 4.00. The highest BCUT2D eigenvalue weighted by Gasteiger charge is 2.11. The van der Waals surface area contributed by atoms with Crippen molar-refractivity contribution in [3.63, 3.8) is 0 Å². The molecule has 1 N–H and O–H groups in total. The first-order valence-electron chi connectivity index (χ1n) is 7.50. The molecule has 0 saturated heterocycles. The highest BCUT2D eigenvalue weighted by Crippen LogP contribution is 2.23. The van der Waals surface area contributed by atoms with Gasteiger partial charge in [0.05, 0.1) is 5.75 Å². The summed E-state index contributed by atoms with van der Waals surface area (Å²) in [7, 11) is 0. The Bertz CT molecular complexity index is 826. The van der Waals surface area contributed by atoms with Crippen LogP contribution in [0.3, 0.4) is 0 Å². The third-order valence-corrected chi connectivity index (χ3v) is 4.08. The molecule has 24 heavy (non-hydrogen) atoms. The fourth-order valence-electron chi connectivity index (χ4n) is 2.34. The summed E-state index contributed by atoms with van der Waals surface area (Å²) in [6, 6.07) is 15.5. The molecule has 3 aromatic rings. The van der Waals surface area contributed by atoms with Crippen molar-refractivity contribution in [3.8, 4) is 11.5 Å². The fraction of sp³-hybridized carbons (Fsp3) is 0.167. The fourth-order valence-corrected chi connectivity index (χ4v) is 2.90. The van der Waals surface area contributed by atoms with E-state index in [9.17, 15) is 4.79 Å². The van der Waals surface area contributed by atoms with Crippen LogP contribution in [-0.4, -0.2) is 21.9 Å². The van der Waals surface area contributed by atoms with E-state index in [0.29, 0.717) is 11.1 Å². The number of amides is 1. The van der Waals surface area contributed by atoms with Crippen molar-refractivity contribution in [2.24, 2.45) is 0 Å². The molecule has 0 radical (unpaired) electrons. The Hall–Kier alpha value is -2.60. The number of aromatic nitrogens is 2. The van der Waals surface area contributed by atoms with Gasteiger partial charge in [-0.1, -0.05) is 36.0 Å². The van der Waals surface area contributed by atoms with Gasteiger partial charge in [0, 0.05) is 11.3 Å². The van der Waals surface area contributed by atoms with Gasteiger partial charge >= 0.3 is 0 Å². The van der Waals surface area contributed by atoms with E-state index in [-0.39, 0.29) is 11.7 Å². The molecule has 0 aliphatic carbocycles. The molecule has 0 saturated carbocycles. The minimum absolute atomic E-state index is 0.107. The molecule has 0 spiro atoms. The number of rotatable bonds is 5. The summed E-state index contributed by atoms with van der Waals surface area (Å²) in [6.07, 6.45) is 0. The SMILES string of the molecule is Cc1cc(C)cc(NC(=O)CSc2nnc(-c3ccccc3)o2)c1. The number of carbonyl (C=O) groups excluding carboxylic acids is 1. The monoisotopic (exact) mass is 339 g/mol. The number of hydrogen-bond acceptors (Lipinski definition) is 5. The van der Waals surface area contributed by atoms with Crippen LogP contribution < -0.4 is 5.32 Å². The van der Waals surface area contributed by atoms with Gasteiger partial charge in [-0.3, -0.25) is 4.79 Å². The third-order valence-electron chi connectivity index (χ3n) is 3.26. The number of carbonyl (C=O) groups is 1.